The lowest BCUT2D eigenvalue weighted by molar-refractivity contribution is 0.0792. The smallest absolute Gasteiger partial charge is 0.287 e. The van der Waals surface area contributed by atoms with Crippen LogP contribution in [0.5, 0.6) is 5.75 Å². The molecule has 0 atom stereocenters. The number of methoxy groups -OCH3 is 1. The zero-order valence-electron chi connectivity index (χ0n) is 16.9. The number of furan rings is 1. The van der Waals surface area contributed by atoms with Crippen LogP contribution in [0.3, 0.4) is 0 Å². The van der Waals surface area contributed by atoms with Crippen molar-refractivity contribution in [2.24, 2.45) is 0 Å². The molecule has 0 radical (unpaired) electrons. The van der Waals surface area contributed by atoms with Crippen LogP contribution in [0.1, 0.15) is 39.3 Å². The Balaban J connectivity index is 1.34. The molecule has 1 saturated heterocycles. The van der Waals surface area contributed by atoms with Crippen molar-refractivity contribution in [2.45, 2.75) is 19.4 Å². The molecule has 3 aromatic rings. The second-order valence-electron chi connectivity index (χ2n) is 7.27. The van der Waals surface area contributed by atoms with Gasteiger partial charge in [-0.15, -0.1) is 0 Å². The van der Waals surface area contributed by atoms with Gasteiger partial charge in [0.25, 0.3) is 11.8 Å². The van der Waals surface area contributed by atoms with Gasteiger partial charge in [-0.3, -0.25) is 9.59 Å². The van der Waals surface area contributed by atoms with E-state index in [1.54, 1.807) is 19.2 Å². The van der Waals surface area contributed by atoms with Gasteiger partial charge in [0.1, 0.15) is 11.5 Å². The van der Waals surface area contributed by atoms with Crippen molar-refractivity contribution < 1.29 is 18.7 Å². The third kappa shape index (κ3) is 4.38. The van der Waals surface area contributed by atoms with E-state index in [0.29, 0.717) is 17.9 Å². The molecule has 1 aliphatic rings. The predicted molar refractivity (Wildman–Crippen MR) is 113 cm³/mol. The minimum atomic E-state index is -0.285. The number of benzene rings is 2. The average Bonchev–Trinajstić information content (AvgIpc) is 3.50. The minimum absolute atomic E-state index is 0.0738. The maximum absolute atomic E-state index is 12.4. The maximum atomic E-state index is 12.4. The number of nitrogens with one attached hydrogen (secondary N) is 1. The summed E-state index contributed by atoms with van der Waals surface area (Å²) in [5.74, 6) is 1.42. The molecule has 1 fully saturated rings. The number of likely N-dealkylation sites (tertiary alicyclic amines) is 1. The van der Waals surface area contributed by atoms with E-state index in [1.165, 1.54) is 0 Å². The Morgan fingerprint density at radius 2 is 1.67 bits per heavy atom. The van der Waals surface area contributed by atoms with Crippen molar-refractivity contribution in [3.63, 3.8) is 0 Å². The predicted octanol–water partition coefficient (Wildman–Crippen LogP) is 4.12. The number of ether oxygens (including phenoxy) is 1. The number of hydrogen-bond acceptors (Lipinski definition) is 4. The van der Waals surface area contributed by atoms with Crippen LogP contribution in [-0.2, 0) is 6.54 Å². The van der Waals surface area contributed by atoms with Crippen LogP contribution in [0, 0.1) is 0 Å². The molecule has 1 N–H and O–H groups in total. The summed E-state index contributed by atoms with van der Waals surface area (Å²) in [5, 5.41) is 2.85. The molecule has 154 valence electrons. The molecular formula is C24H24N2O4. The van der Waals surface area contributed by atoms with Crippen LogP contribution in [0.4, 0.5) is 0 Å². The van der Waals surface area contributed by atoms with E-state index in [9.17, 15) is 9.59 Å². The Labute approximate surface area is 175 Å². The highest BCUT2D eigenvalue weighted by Crippen LogP contribution is 2.24. The van der Waals surface area contributed by atoms with E-state index < -0.39 is 0 Å². The number of hydrogen-bond donors (Lipinski definition) is 1. The monoisotopic (exact) mass is 404 g/mol. The van der Waals surface area contributed by atoms with Crippen LogP contribution in [0.25, 0.3) is 11.3 Å². The first-order valence-corrected chi connectivity index (χ1v) is 10.0. The van der Waals surface area contributed by atoms with Crippen LogP contribution >= 0.6 is 0 Å². The number of nitrogens with zero attached hydrogens (tertiary/aromatic N) is 1. The Hall–Kier alpha value is -3.54. The molecular weight excluding hydrogens is 380 g/mol. The quantitative estimate of drug-likeness (QED) is 0.671. The SMILES string of the molecule is COc1ccc(-c2ccc(C(=O)NCc3ccc(C(=O)N4CCCC4)cc3)o2)cc1. The van der Waals surface area contributed by atoms with Gasteiger partial charge in [0.2, 0.25) is 0 Å². The van der Waals surface area contributed by atoms with Gasteiger partial charge in [0.15, 0.2) is 5.76 Å². The van der Waals surface area contributed by atoms with Crippen LogP contribution in [0.2, 0.25) is 0 Å². The topological polar surface area (TPSA) is 71.8 Å². The van der Waals surface area contributed by atoms with E-state index in [0.717, 1.165) is 42.8 Å². The van der Waals surface area contributed by atoms with Crippen molar-refractivity contribution >= 4 is 11.8 Å². The number of amides is 2. The zero-order chi connectivity index (χ0) is 20.9. The Kier molecular flexibility index (Phi) is 5.84. The van der Waals surface area contributed by atoms with E-state index in [-0.39, 0.29) is 17.6 Å². The molecule has 4 rings (SSSR count). The molecule has 0 bridgehead atoms. The lowest BCUT2D eigenvalue weighted by Crippen LogP contribution is -2.27. The molecule has 0 spiro atoms. The fourth-order valence-corrected chi connectivity index (χ4v) is 3.51. The van der Waals surface area contributed by atoms with Gasteiger partial charge in [-0.05, 0) is 66.9 Å². The van der Waals surface area contributed by atoms with Crippen LogP contribution in [-0.4, -0.2) is 36.9 Å². The number of carbonyl (C=O) groups excluding carboxylic acids is 2. The largest absolute Gasteiger partial charge is 0.497 e. The van der Waals surface area contributed by atoms with Gasteiger partial charge in [-0.25, -0.2) is 0 Å². The summed E-state index contributed by atoms with van der Waals surface area (Å²) in [4.78, 5) is 26.7. The highest BCUT2D eigenvalue weighted by molar-refractivity contribution is 5.94. The number of rotatable bonds is 6. The maximum Gasteiger partial charge on any atom is 0.287 e. The van der Waals surface area contributed by atoms with E-state index in [4.69, 9.17) is 9.15 Å². The third-order valence-corrected chi connectivity index (χ3v) is 5.25. The van der Waals surface area contributed by atoms with Gasteiger partial charge in [0.05, 0.1) is 7.11 Å². The van der Waals surface area contributed by atoms with Crippen LogP contribution < -0.4 is 10.1 Å². The summed E-state index contributed by atoms with van der Waals surface area (Å²) in [7, 11) is 1.61. The van der Waals surface area contributed by atoms with E-state index in [2.05, 4.69) is 5.32 Å². The summed E-state index contributed by atoms with van der Waals surface area (Å²) >= 11 is 0. The van der Waals surface area contributed by atoms with Crippen molar-refractivity contribution in [1.82, 2.24) is 10.2 Å². The molecule has 30 heavy (non-hydrogen) atoms. The van der Waals surface area contributed by atoms with E-state index >= 15 is 0 Å². The molecule has 6 nitrogen and oxygen atoms in total. The first-order valence-electron chi connectivity index (χ1n) is 10.0. The third-order valence-electron chi connectivity index (χ3n) is 5.25. The molecule has 0 unspecified atom stereocenters. The van der Waals surface area contributed by atoms with Crippen molar-refractivity contribution in [2.75, 3.05) is 20.2 Å². The Bertz CT molecular complexity index is 1020. The fourth-order valence-electron chi connectivity index (χ4n) is 3.51. The highest BCUT2D eigenvalue weighted by atomic mass is 16.5. The van der Waals surface area contributed by atoms with Crippen molar-refractivity contribution in [3.8, 4) is 17.1 Å². The molecule has 1 aliphatic heterocycles. The summed E-state index contributed by atoms with van der Waals surface area (Å²) in [6.07, 6.45) is 2.14. The van der Waals surface area contributed by atoms with Gasteiger partial charge in [0, 0.05) is 30.8 Å². The van der Waals surface area contributed by atoms with Crippen molar-refractivity contribution in [3.05, 3.63) is 77.6 Å². The Morgan fingerprint density at radius 1 is 0.967 bits per heavy atom. The molecule has 0 saturated carbocycles. The molecule has 2 aromatic carbocycles. The molecule has 0 aliphatic carbocycles. The highest BCUT2D eigenvalue weighted by Gasteiger charge is 2.19. The first-order chi connectivity index (χ1) is 14.6. The molecule has 2 amide bonds. The fraction of sp³-hybridized carbons (Fsp3) is 0.250. The van der Waals surface area contributed by atoms with E-state index in [1.807, 2.05) is 53.4 Å². The van der Waals surface area contributed by atoms with Gasteiger partial charge in [-0.1, -0.05) is 12.1 Å². The van der Waals surface area contributed by atoms with Gasteiger partial charge in [-0.2, -0.15) is 0 Å². The zero-order valence-corrected chi connectivity index (χ0v) is 16.9. The second kappa shape index (κ2) is 8.86. The molecule has 6 heteroatoms. The molecule has 1 aromatic heterocycles. The normalized spacial score (nSPS) is 13.3. The van der Waals surface area contributed by atoms with Crippen LogP contribution in [0.15, 0.2) is 65.1 Å². The number of carbonyl (C=O) groups is 2. The van der Waals surface area contributed by atoms with Crippen molar-refractivity contribution in [1.29, 1.82) is 0 Å². The summed E-state index contributed by atoms with van der Waals surface area (Å²) in [6, 6.07) is 18.2. The summed E-state index contributed by atoms with van der Waals surface area (Å²) in [5.41, 5.74) is 2.47. The lowest BCUT2D eigenvalue weighted by atomic mass is 10.1. The standard InChI is InChI=1S/C24H24N2O4/c1-29-20-10-8-18(9-11-20)21-12-13-22(30-21)23(27)25-16-17-4-6-19(7-5-17)24(28)26-14-2-3-15-26/h4-13H,2-3,14-16H2,1H3,(H,25,27). The summed E-state index contributed by atoms with van der Waals surface area (Å²) in [6.45, 7) is 2.02. The lowest BCUT2D eigenvalue weighted by Gasteiger charge is -2.15. The first kappa shape index (κ1) is 19.8. The molecule has 2 heterocycles. The van der Waals surface area contributed by atoms with Gasteiger partial charge < -0.3 is 19.4 Å². The minimum Gasteiger partial charge on any atom is -0.497 e. The second-order valence-corrected chi connectivity index (χ2v) is 7.27. The van der Waals surface area contributed by atoms with Gasteiger partial charge >= 0.3 is 0 Å². The summed E-state index contributed by atoms with van der Waals surface area (Å²) < 4.78 is 10.9. The Morgan fingerprint density at radius 3 is 2.33 bits per heavy atom. The average molecular weight is 404 g/mol.